The van der Waals surface area contributed by atoms with Gasteiger partial charge in [0.1, 0.15) is 14.5 Å². The molecule has 47 heavy (non-hydrogen) atoms. The van der Waals surface area contributed by atoms with E-state index in [1.54, 1.807) is 45.0 Å². The van der Waals surface area contributed by atoms with Gasteiger partial charge in [-0.2, -0.15) is 21.9 Å². The highest BCUT2D eigenvalue weighted by atomic mass is 35.5. The minimum atomic E-state index is -5.01. The summed E-state index contributed by atoms with van der Waals surface area (Å²) in [4.78, 5) is 13.0. The molecule has 0 spiro atoms. The Kier molecular flexibility index (Phi) is 9.67. The fourth-order valence-corrected chi connectivity index (χ4v) is 11.8. The predicted molar refractivity (Wildman–Crippen MR) is 176 cm³/mol. The van der Waals surface area contributed by atoms with Crippen molar-refractivity contribution in [3.63, 3.8) is 0 Å². The lowest BCUT2D eigenvalue weighted by molar-refractivity contribution is -0.271. The maximum atomic E-state index is 14.5. The SMILES string of the molecule is CC(C)(C)N(Cc1cccc(Cn2nc(N(S(=O)(=O)c3ccc(Cl)s3)S(=O)(=O)c3ccc(Cl)s3)c3c(C(F)F)cccc32)c1)C(=O)[O-]. The summed E-state index contributed by atoms with van der Waals surface area (Å²) in [5.41, 5.74) is -0.259. The van der Waals surface area contributed by atoms with Gasteiger partial charge in [-0.25, -0.2) is 8.78 Å². The first-order valence-electron chi connectivity index (χ1n) is 13.6. The number of hydrogen-bond acceptors (Lipinski definition) is 9. The van der Waals surface area contributed by atoms with Crippen LogP contribution in [0.3, 0.4) is 0 Å². The first-order chi connectivity index (χ1) is 21.9. The molecule has 5 aromatic rings. The van der Waals surface area contributed by atoms with Crippen molar-refractivity contribution in [2.45, 2.75) is 54.2 Å². The average Bonchev–Trinajstić information content (AvgIpc) is 3.70. The Labute approximate surface area is 287 Å². The van der Waals surface area contributed by atoms with Crippen LogP contribution in [0.15, 0.2) is 75.1 Å². The van der Waals surface area contributed by atoms with E-state index in [4.69, 9.17) is 23.2 Å². The molecule has 0 aliphatic carbocycles. The highest BCUT2D eigenvalue weighted by molar-refractivity contribution is 8.11. The molecule has 18 heteroatoms. The summed E-state index contributed by atoms with van der Waals surface area (Å²) in [6, 6.07) is 15.3. The van der Waals surface area contributed by atoms with E-state index >= 15 is 0 Å². The van der Waals surface area contributed by atoms with Crippen molar-refractivity contribution < 1.29 is 35.5 Å². The number of fused-ring (bicyclic) bond motifs is 1. The Hall–Kier alpha value is -3.28. The van der Waals surface area contributed by atoms with Crippen molar-refractivity contribution in [3.05, 3.63) is 92.1 Å². The number of hydrogen-bond donors (Lipinski definition) is 0. The van der Waals surface area contributed by atoms with E-state index in [1.807, 2.05) is 0 Å². The highest BCUT2D eigenvalue weighted by Gasteiger charge is 2.42. The number of halogens is 4. The third-order valence-corrected chi connectivity index (χ3v) is 14.4. The van der Waals surface area contributed by atoms with Gasteiger partial charge in [0.05, 0.1) is 26.1 Å². The second kappa shape index (κ2) is 13.0. The lowest BCUT2D eigenvalue weighted by Crippen LogP contribution is -2.50. The first-order valence-corrected chi connectivity index (χ1v) is 18.8. The minimum Gasteiger partial charge on any atom is -0.530 e. The summed E-state index contributed by atoms with van der Waals surface area (Å²) in [6.07, 6.45) is -4.50. The van der Waals surface area contributed by atoms with E-state index in [0.29, 0.717) is 33.8 Å². The molecular weight excluding hydrogens is 738 g/mol. The van der Waals surface area contributed by atoms with Crippen molar-refractivity contribution in [1.82, 2.24) is 14.7 Å². The molecule has 0 bridgehead atoms. The van der Waals surface area contributed by atoms with Crippen molar-refractivity contribution >= 4 is 88.7 Å². The summed E-state index contributed by atoms with van der Waals surface area (Å²) in [6.45, 7) is 5.01. The van der Waals surface area contributed by atoms with Gasteiger partial charge in [0.25, 0.3) is 26.5 Å². The standard InChI is InChI=1S/C29H26Cl2F2N4O6S4/c1-29(2,3)35(28(38)39)15-17-6-4-7-18(14-17)16-36-20-9-5-8-19(26(32)33)25(20)27(34-36)37(46(40,41)23-12-10-21(30)44-23)47(42,43)24-13-11-22(31)45-24/h4-14,26H,15-16H2,1-3H3,(H,38,39)/p-1. The zero-order valence-electron chi connectivity index (χ0n) is 24.7. The van der Waals surface area contributed by atoms with Crippen LogP contribution in [0, 0.1) is 0 Å². The minimum absolute atomic E-state index is 0.0165. The van der Waals surface area contributed by atoms with Crippen LogP contribution in [-0.2, 0) is 33.1 Å². The molecule has 0 unspecified atom stereocenters. The summed E-state index contributed by atoms with van der Waals surface area (Å²) >= 11 is 13.2. The van der Waals surface area contributed by atoms with E-state index < -0.39 is 63.3 Å². The molecule has 0 fully saturated rings. The molecular formula is C29H25Cl2F2N4O6S4-. The molecule has 3 heterocycles. The summed E-state index contributed by atoms with van der Waals surface area (Å²) in [7, 11) is -10.0. The molecule has 3 aromatic heterocycles. The Morgan fingerprint density at radius 3 is 1.96 bits per heavy atom. The Morgan fingerprint density at radius 2 is 1.47 bits per heavy atom. The molecule has 1 amide bonds. The fraction of sp³-hybridized carbons (Fsp3) is 0.241. The number of rotatable bonds is 10. The van der Waals surface area contributed by atoms with Gasteiger partial charge in [0, 0.05) is 17.6 Å². The van der Waals surface area contributed by atoms with Gasteiger partial charge in [0.2, 0.25) is 0 Å². The first kappa shape index (κ1) is 35.0. The van der Waals surface area contributed by atoms with Crippen LogP contribution < -0.4 is 8.82 Å². The lowest BCUT2D eigenvalue weighted by atomic mass is 10.0. The third kappa shape index (κ3) is 6.98. The highest BCUT2D eigenvalue weighted by Crippen LogP contribution is 2.42. The van der Waals surface area contributed by atoms with Crippen LogP contribution in [0.1, 0.15) is 43.9 Å². The number of carbonyl (C=O) groups excluding carboxylic acids is 1. The predicted octanol–water partition coefficient (Wildman–Crippen LogP) is 6.98. The average molecular weight is 763 g/mol. The molecule has 0 N–H and O–H groups in total. The van der Waals surface area contributed by atoms with Gasteiger partial charge in [-0.3, -0.25) is 4.68 Å². The monoisotopic (exact) mass is 761 g/mol. The number of alkyl halides is 2. The van der Waals surface area contributed by atoms with Crippen LogP contribution in [0.25, 0.3) is 10.9 Å². The molecule has 250 valence electrons. The van der Waals surface area contributed by atoms with Crippen LogP contribution >= 0.6 is 45.9 Å². The van der Waals surface area contributed by atoms with Crippen molar-refractivity contribution in [1.29, 1.82) is 0 Å². The quantitative estimate of drug-likeness (QED) is 0.150. The van der Waals surface area contributed by atoms with Gasteiger partial charge < -0.3 is 14.8 Å². The molecule has 10 nitrogen and oxygen atoms in total. The molecule has 0 aliphatic rings. The summed E-state index contributed by atoms with van der Waals surface area (Å²) in [5, 5.41) is 15.8. The van der Waals surface area contributed by atoms with Gasteiger partial charge >= 0.3 is 0 Å². The molecule has 0 radical (unpaired) electrons. The third-order valence-electron chi connectivity index (χ3n) is 6.94. The van der Waals surface area contributed by atoms with Crippen LogP contribution in [0.4, 0.5) is 19.4 Å². The number of nitrogens with zero attached hydrogens (tertiary/aromatic N) is 4. The molecule has 2 aromatic carbocycles. The molecule has 0 aliphatic heterocycles. The van der Waals surface area contributed by atoms with E-state index in [2.05, 4.69) is 5.10 Å². The topological polar surface area (TPSA) is 133 Å². The van der Waals surface area contributed by atoms with Gasteiger partial charge in [-0.15, -0.1) is 26.4 Å². The second-order valence-corrected chi connectivity index (χ2v) is 18.9. The lowest BCUT2D eigenvalue weighted by Gasteiger charge is -2.38. The largest absolute Gasteiger partial charge is 0.530 e. The number of amides is 1. The Bertz CT molecular complexity index is 2120. The van der Waals surface area contributed by atoms with Crippen molar-refractivity contribution in [2.24, 2.45) is 0 Å². The van der Waals surface area contributed by atoms with Gasteiger partial charge in [-0.05, 0) is 62.2 Å². The van der Waals surface area contributed by atoms with Crippen molar-refractivity contribution in [3.8, 4) is 0 Å². The van der Waals surface area contributed by atoms with Crippen LogP contribution in [0.5, 0.6) is 0 Å². The number of carbonyl (C=O) groups is 1. The zero-order valence-corrected chi connectivity index (χ0v) is 29.5. The fourth-order valence-electron chi connectivity index (χ4n) is 4.82. The van der Waals surface area contributed by atoms with E-state index in [-0.39, 0.29) is 31.0 Å². The maximum absolute atomic E-state index is 14.5. The maximum Gasteiger partial charge on any atom is 0.288 e. The number of aromatic nitrogens is 2. The van der Waals surface area contributed by atoms with E-state index in [0.717, 1.165) is 23.1 Å². The van der Waals surface area contributed by atoms with Gasteiger partial charge in [-0.1, -0.05) is 59.6 Å². The summed E-state index contributed by atoms with van der Waals surface area (Å²) < 4.78 is 86.0. The molecule has 0 saturated carbocycles. The summed E-state index contributed by atoms with van der Waals surface area (Å²) in [5.74, 6) is -0.767. The number of thiophene rings is 2. The van der Waals surface area contributed by atoms with Gasteiger partial charge in [0.15, 0.2) is 5.82 Å². The Morgan fingerprint density at radius 1 is 0.915 bits per heavy atom. The van der Waals surface area contributed by atoms with Crippen LogP contribution in [0.2, 0.25) is 8.67 Å². The van der Waals surface area contributed by atoms with Crippen molar-refractivity contribution in [2.75, 3.05) is 3.71 Å². The zero-order chi connectivity index (χ0) is 34.5. The number of sulfonamides is 2. The molecule has 5 rings (SSSR count). The second-order valence-electron chi connectivity index (χ2n) is 11.2. The Balaban J connectivity index is 1.72. The normalized spacial score (nSPS) is 12.6. The number of benzene rings is 2. The van der Waals surface area contributed by atoms with E-state index in [1.165, 1.54) is 28.9 Å². The van der Waals surface area contributed by atoms with Crippen LogP contribution in [-0.4, -0.2) is 43.1 Å². The smallest absolute Gasteiger partial charge is 0.288 e. The van der Waals surface area contributed by atoms with E-state index in [9.17, 15) is 35.5 Å². The number of anilines is 1. The molecule has 0 atom stereocenters. The molecule has 0 saturated heterocycles. The number of carboxylic acid groups (broad SMARTS) is 1.